The molecule has 0 saturated heterocycles. The SMILES string of the molecule is Cc1cccc(-c2nnc(NC(=O)CCN(CCc3ccccc3)C(=O)c3ccccc3F)s2)c1. The average Bonchev–Trinajstić information content (AvgIpc) is 3.33. The molecule has 0 radical (unpaired) electrons. The van der Waals surface area contributed by atoms with Gasteiger partial charge in [-0.2, -0.15) is 0 Å². The number of hydrogen-bond donors (Lipinski definition) is 1. The number of hydrogen-bond acceptors (Lipinski definition) is 5. The van der Waals surface area contributed by atoms with Crippen molar-refractivity contribution in [3.8, 4) is 10.6 Å². The van der Waals surface area contributed by atoms with E-state index in [9.17, 15) is 14.0 Å². The number of aromatic nitrogens is 2. The summed E-state index contributed by atoms with van der Waals surface area (Å²) in [5, 5.41) is 12.1. The molecule has 0 bridgehead atoms. The molecule has 6 nitrogen and oxygen atoms in total. The van der Waals surface area contributed by atoms with Gasteiger partial charge in [-0.25, -0.2) is 4.39 Å². The van der Waals surface area contributed by atoms with Gasteiger partial charge < -0.3 is 10.2 Å². The lowest BCUT2D eigenvalue weighted by atomic mass is 10.1. The first-order valence-electron chi connectivity index (χ1n) is 11.3. The minimum atomic E-state index is -0.579. The normalized spacial score (nSPS) is 10.7. The van der Waals surface area contributed by atoms with Gasteiger partial charge in [-0.1, -0.05) is 77.6 Å². The summed E-state index contributed by atoms with van der Waals surface area (Å²) in [6.07, 6.45) is 0.646. The van der Waals surface area contributed by atoms with Gasteiger partial charge in [0.25, 0.3) is 5.91 Å². The van der Waals surface area contributed by atoms with Gasteiger partial charge in [0.2, 0.25) is 11.0 Å². The van der Waals surface area contributed by atoms with E-state index < -0.39 is 11.7 Å². The number of rotatable bonds is 9. The number of carbonyl (C=O) groups is 2. The van der Waals surface area contributed by atoms with Crippen LogP contribution in [-0.4, -0.2) is 40.0 Å². The van der Waals surface area contributed by atoms with Crippen molar-refractivity contribution in [2.24, 2.45) is 0 Å². The van der Waals surface area contributed by atoms with Crippen molar-refractivity contribution in [2.75, 3.05) is 18.4 Å². The van der Waals surface area contributed by atoms with Crippen molar-refractivity contribution in [3.63, 3.8) is 0 Å². The Kier molecular flexibility index (Phi) is 7.95. The van der Waals surface area contributed by atoms with Crippen LogP contribution in [0.3, 0.4) is 0 Å². The smallest absolute Gasteiger partial charge is 0.256 e. The number of aryl methyl sites for hydroxylation is 1. The maximum atomic E-state index is 14.3. The predicted octanol–water partition coefficient (Wildman–Crippen LogP) is 5.37. The van der Waals surface area contributed by atoms with E-state index in [1.54, 1.807) is 12.1 Å². The van der Waals surface area contributed by atoms with E-state index in [4.69, 9.17) is 0 Å². The lowest BCUT2D eigenvalue weighted by Crippen LogP contribution is -2.36. The van der Waals surface area contributed by atoms with Gasteiger partial charge >= 0.3 is 0 Å². The van der Waals surface area contributed by atoms with Crippen LogP contribution in [-0.2, 0) is 11.2 Å². The Bertz CT molecular complexity index is 1310. The molecule has 35 heavy (non-hydrogen) atoms. The first-order valence-corrected chi connectivity index (χ1v) is 12.1. The zero-order chi connectivity index (χ0) is 24.6. The molecule has 1 N–H and O–H groups in total. The fourth-order valence-electron chi connectivity index (χ4n) is 3.62. The summed E-state index contributed by atoms with van der Waals surface area (Å²) < 4.78 is 14.3. The molecule has 4 aromatic rings. The molecule has 0 atom stereocenters. The number of anilines is 1. The highest BCUT2D eigenvalue weighted by Gasteiger charge is 2.20. The van der Waals surface area contributed by atoms with Gasteiger partial charge in [-0.15, -0.1) is 10.2 Å². The highest BCUT2D eigenvalue weighted by molar-refractivity contribution is 7.18. The van der Waals surface area contributed by atoms with Gasteiger partial charge in [-0.05, 0) is 37.1 Å². The van der Waals surface area contributed by atoms with Crippen LogP contribution in [0.25, 0.3) is 10.6 Å². The lowest BCUT2D eigenvalue weighted by molar-refractivity contribution is -0.116. The van der Waals surface area contributed by atoms with Crippen LogP contribution < -0.4 is 5.32 Å². The highest BCUT2D eigenvalue weighted by atomic mass is 32.1. The number of amides is 2. The van der Waals surface area contributed by atoms with Crippen molar-refractivity contribution in [3.05, 3.63) is 101 Å². The molecule has 0 aliphatic heterocycles. The van der Waals surface area contributed by atoms with E-state index in [2.05, 4.69) is 15.5 Å². The maximum Gasteiger partial charge on any atom is 0.256 e. The number of nitrogens with one attached hydrogen (secondary N) is 1. The molecule has 3 aromatic carbocycles. The van der Waals surface area contributed by atoms with Gasteiger partial charge in [0.15, 0.2) is 0 Å². The largest absolute Gasteiger partial charge is 0.338 e. The fraction of sp³-hybridized carbons (Fsp3) is 0.185. The molecule has 8 heteroatoms. The van der Waals surface area contributed by atoms with Gasteiger partial charge in [0.05, 0.1) is 5.56 Å². The molecule has 178 valence electrons. The molecule has 0 spiro atoms. The van der Waals surface area contributed by atoms with Crippen LogP contribution in [0.1, 0.15) is 27.9 Å². The Labute approximate surface area is 207 Å². The maximum absolute atomic E-state index is 14.3. The zero-order valence-corrected chi connectivity index (χ0v) is 20.1. The number of benzene rings is 3. The second-order valence-electron chi connectivity index (χ2n) is 8.09. The third-order valence-electron chi connectivity index (χ3n) is 5.45. The van der Waals surface area contributed by atoms with E-state index in [0.717, 1.165) is 16.7 Å². The molecular weight excluding hydrogens is 463 g/mol. The van der Waals surface area contributed by atoms with E-state index in [1.165, 1.54) is 28.4 Å². The Balaban J connectivity index is 1.40. The molecule has 0 saturated carbocycles. The second kappa shape index (κ2) is 11.5. The summed E-state index contributed by atoms with van der Waals surface area (Å²) in [5.74, 6) is -1.31. The number of nitrogens with zero attached hydrogens (tertiary/aromatic N) is 3. The van der Waals surface area contributed by atoms with Gasteiger partial charge in [-0.3, -0.25) is 9.59 Å². The molecule has 0 aliphatic carbocycles. The van der Waals surface area contributed by atoms with E-state index in [-0.39, 0.29) is 24.4 Å². The van der Waals surface area contributed by atoms with Crippen molar-refractivity contribution in [2.45, 2.75) is 19.8 Å². The minimum Gasteiger partial charge on any atom is -0.338 e. The molecule has 2 amide bonds. The standard InChI is InChI=1S/C27H25FN4O2S/c1-19-8-7-11-21(18-19)25-30-31-27(35-25)29-24(33)15-17-32(16-14-20-9-3-2-4-10-20)26(34)22-12-5-6-13-23(22)28/h2-13,18H,14-17H2,1H3,(H,29,31,33). The van der Waals surface area contributed by atoms with Crippen molar-refractivity contribution < 1.29 is 14.0 Å². The summed E-state index contributed by atoms with van der Waals surface area (Å²) in [4.78, 5) is 27.2. The second-order valence-corrected chi connectivity index (χ2v) is 9.07. The summed E-state index contributed by atoms with van der Waals surface area (Å²) in [6, 6.07) is 23.5. The lowest BCUT2D eigenvalue weighted by Gasteiger charge is -2.23. The summed E-state index contributed by atoms with van der Waals surface area (Å²) in [5.41, 5.74) is 3.10. The van der Waals surface area contributed by atoms with Crippen LogP contribution in [0.5, 0.6) is 0 Å². The molecule has 0 fully saturated rings. The number of halogens is 1. The van der Waals surface area contributed by atoms with Gasteiger partial charge in [0.1, 0.15) is 10.8 Å². The average molecular weight is 489 g/mol. The Hall–Kier alpha value is -3.91. The van der Waals surface area contributed by atoms with Crippen molar-refractivity contribution >= 4 is 28.3 Å². The third kappa shape index (κ3) is 6.58. The molecule has 1 heterocycles. The van der Waals surface area contributed by atoms with Crippen LogP contribution >= 0.6 is 11.3 Å². The Morgan fingerprint density at radius 3 is 2.49 bits per heavy atom. The zero-order valence-electron chi connectivity index (χ0n) is 19.3. The molecule has 1 aromatic heterocycles. The molecule has 4 rings (SSSR count). The van der Waals surface area contributed by atoms with E-state index in [1.807, 2.05) is 61.5 Å². The van der Waals surface area contributed by atoms with Crippen LogP contribution in [0.15, 0.2) is 78.9 Å². The first kappa shape index (κ1) is 24.2. The Morgan fingerprint density at radius 2 is 1.71 bits per heavy atom. The molecular formula is C27H25FN4O2S. The summed E-state index contributed by atoms with van der Waals surface area (Å²) in [7, 11) is 0. The molecule has 0 unspecified atom stereocenters. The minimum absolute atomic E-state index is 0.00658. The monoisotopic (exact) mass is 488 g/mol. The van der Waals surface area contributed by atoms with Crippen LogP contribution in [0.4, 0.5) is 9.52 Å². The third-order valence-corrected chi connectivity index (χ3v) is 6.34. The van der Waals surface area contributed by atoms with Crippen molar-refractivity contribution in [1.82, 2.24) is 15.1 Å². The van der Waals surface area contributed by atoms with E-state index in [0.29, 0.717) is 23.1 Å². The summed E-state index contributed by atoms with van der Waals surface area (Å²) in [6.45, 7) is 2.51. The highest BCUT2D eigenvalue weighted by Crippen LogP contribution is 2.26. The topological polar surface area (TPSA) is 75.2 Å². The van der Waals surface area contributed by atoms with Gasteiger partial charge in [0, 0.05) is 25.1 Å². The van der Waals surface area contributed by atoms with E-state index >= 15 is 0 Å². The quantitative estimate of drug-likeness (QED) is 0.344. The first-order chi connectivity index (χ1) is 17.0. The van der Waals surface area contributed by atoms with Crippen LogP contribution in [0.2, 0.25) is 0 Å². The summed E-state index contributed by atoms with van der Waals surface area (Å²) >= 11 is 1.29. The van der Waals surface area contributed by atoms with Crippen LogP contribution in [0, 0.1) is 12.7 Å². The predicted molar refractivity (Wildman–Crippen MR) is 136 cm³/mol. The van der Waals surface area contributed by atoms with Crippen molar-refractivity contribution in [1.29, 1.82) is 0 Å². The molecule has 0 aliphatic rings. The fourth-order valence-corrected chi connectivity index (χ4v) is 4.37. The number of carbonyl (C=O) groups excluding carboxylic acids is 2. The Morgan fingerprint density at radius 1 is 0.943 bits per heavy atom.